The Labute approximate surface area is 158 Å². The second-order valence-electron chi connectivity index (χ2n) is 7.13. The summed E-state index contributed by atoms with van der Waals surface area (Å²) in [5, 5.41) is 3.67. The fourth-order valence-corrected chi connectivity index (χ4v) is 2.37. The number of halogens is 5. The average molecular weight is 399 g/mol. The van der Waals surface area contributed by atoms with Crippen LogP contribution in [0.1, 0.15) is 37.6 Å². The van der Waals surface area contributed by atoms with Crippen LogP contribution in [0.15, 0.2) is 41.6 Å². The lowest BCUT2D eigenvalue weighted by Crippen LogP contribution is -2.24. The van der Waals surface area contributed by atoms with Gasteiger partial charge < -0.3 is 4.84 Å². The zero-order chi connectivity index (χ0) is 21.1. The molecule has 0 spiro atoms. The van der Waals surface area contributed by atoms with Gasteiger partial charge in [0, 0.05) is 11.3 Å². The number of carbonyl (C=O) groups is 1. The summed E-state index contributed by atoms with van der Waals surface area (Å²) in [5.41, 5.74) is -1.91. The lowest BCUT2D eigenvalue weighted by Gasteiger charge is -2.22. The molecule has 150 valence electrons. The van der Waals surface area contributed by atoms with Crippen molar-refractivity contribution in [3.05, 3.63) is 71.1 Å². The molecule has 1 aromatic carbocycles. The molecule has 0 amide bonds. The number of hydrogen-bond acceptors (Lipinski definition) is 3. The quantitative estimate of drug-likeness (QED) is 0.164. The van der Waals surface area contributed by atoms with Gasteiger partial charge in [-0.15, -0.1) is 0 Å². The molecule has 0 saturated carbocycles. The van der Waals surface area contributed by atoms with Gasteiger partial charge in [0.2, 0.25) is 5.82 Å². The highest BCUT2D eigenvalue weighted by atomic mass is 19.2. The number of allylic oxidation sites excluding steroid dienone is 6. The van der Waals surface area contributed by atoms with Crippen molar-refractivity contribution in [2.24, 2.45) is 16.5 Å². The minimum atomic E-state index is -2.36. The highest BCUT2D eigenvalue weighted by Crippen LogP contribution is 2.26. The number of hydrogen-bond donors (Lipinski definition) is 0. The predicted molar refractivity (Wildman–Crippen MR) is 94.1 cm³/mol. The van der Waals surface area contributed by atoms with E-state index >= 15 is 0 Å². The summed E-state index contributed by atoms with van der Waals surface area (Å²) in [6.45, 7) is 5.33. The fourth-order valence-electron chi connectivity index (χ4n) is 2.37. The van der Waals surface area contributed by atoms with Crippen LogP contribution in [-0.4, -0.2) is 11.7 Å². The van der Waals surface area contributed by atoms with E-state index in [9.17, 15) is 26.7 Å². The summed E-state index contributed by atoms with van der Waals surface area (Å²) in [6.07, 6.45) is 11.4. The van der Waals surface area contributed by atoms with Crippen LogP contribution in [0.4, 0.5) is 22.0 Å². The van der Waals surface area contributed by atoms with Gasteiger partial charge in [-0.05, 0) is 6.42 Å². The Morgan fingerprint density at radius 3 is 1.82 bits per heavy atom. The molecule has 0 heterocycles. The number of nitrogens with zero attached hydrogens (tertiary/aromatic N) is 1. The second kappa shape index (κ2) is 8.50. The summed E-state index contributed by atoms with van der Waals surface area (Å²) < 4.78 is 67.1. The molecular formula is C20H18F5NO2. The third kappa shape index (κ3) is 4.74. The van der Waals surface area contributed by atoms with E-state index in [1.807, 2.05) is 36.5 Å². The first-order valence-electron chi connectivity index (χ1n) is 8.35. The molecule has 3 nitrogen and oxygen atoms in total. The van der Waals surface area contributed by atoms with Gasteiger partial charge in [-0.1, -0.05) is 62.4 Å². The SMILES string of the molecule is CC(C)(C)/C(CC1C=CC=CC=C1)=N/OC(=O)c1c(F)c(F)c(F)c(F)c1F. The van der Waals surface area contributed by atoms with Crippen LogP contribution < -0.4 is 0 Å². The van der Waals surface area contributed by atoms with Crippen molar-refractivity contribution in [1.29, 1.82) is 0 Å². The van der Waals surface area contributed by atoms with Crippen molar-refractivity contribution in [3.63, 3.8) is 0 Å². The van der Waals surface area contributed by atoms with Crippen molar-refractivity contribution in [2.75, 3.05) is 0 Å². The van der Waals surface area contributed by atoms with Crippen LogP contribution >= 0.6 is 0 Å². The number of carbonyl (C=O) groups excluding carboxylic acids is 1. The molecule has 0 N–H and O–H groups in total. The first-order chi connectivity index (χ1) is 13.0. The second-order valence-corrected chi connectivity index (χ2v) is 7.13. The Morgan fingerprint density at radius 2 is 1.36 bits per heavy atom. The lowest BCUT2D eigenvalue weighted by molar-refractivity contribution is 0.0496. The van der Waals surface area contributed by atoms with E-state index in [1.54, 1.807) is 20.8 Å². The lowest BCUT2D eigenvalue weighted by atomic mass is 9.84. The van der Waals surface area contributed by atoms with E-state index in [4.69, 9.17) is 0 Å². The van der Waals surface area contributed by atoms with Crippen molar-refractivity contribution >= 4 is 11.7 Å². The van der Waals surface area contributed by atoms with Crippen molar-refractivity contribution < 1.29 is 31.6 Å². The first-order valence-corrected chi connectivity index (χ1v) is 8.35. The molecular weight excluding hydrogens is 381 g/mol. The zero-order valence-electron chi connectivity index (χ0n) is 15.4. The average Bonchev–Trinajstić information content (AvgIpc) is 2.89. The molecule has 0 aromatic heterocycles. The van der Waals surface area contributed by atoms with E-state index in [2.05, 4.69) is 9.99 Å². The topological polar surface area (TPSA) is 38.7 Å². The minimum Gasteiger partial charge on any atom is -0.313 e. The summed E-state index contributed by atoms with van der Waals surface area (Å²) >= 11 is 0. The van der Waals surface area contributed by atoms with E-state index in [1.165, 1.54) is 0 Å². The van der Waals surface area contributed by atoms with Crippen LogP contribution in [0.3, 0.4) is 0 Å². The molecule has 8 heteroatoms. The zero-order valence-corrected chi connectivity index (χ0v) is 15.4. The van der Waals surface area contributed by atoms with E-state index < -0.39 is 46.0 Å². The number of rotatable bonds is 4. The molecule has 0 bridgehead atoms. The van der Waals surface area contributed by atoms with E-state index in [0.717, 1.165) is 0 Å². The molecule has 1 aromatic rings. The maximum absolute atomic E-state index is 13.7. The smallest absolute Gasteiger partial charge is 0.313 e. The third-order valence-electron chi connectivity index (χ3n) is 4.00. The van der Waals surface area contributed by atoms with Gasteiger partial charge in [0.05, 0.1) is 5.71 Å². The first kappa shape index (κ1) is 21.5. The van der Waals surface area contributed by atoms with Crippen LogP contribution in [0.2, 0.25) is 0 Å². The summed E-state index contributed by atoms with van der Waals surface area (Å²) in [7, 11) is 0. The number of oxime groups is 1. The van der Waals surface area contributed by atoms with Gasteiger partial charge in [0.15, 0.2) is 23.3 Å². The van der Waals surface area contributed by atoms with E-state index in [-0.39, 0.29) is 5.92 Å². The van der Waals surface area contributed by atoms with Crippen molar-refractivity contribution in [1.82, 2.24) is 0 Å². The van der Waals surface area contributed by atoms with Crippen molar-refractivity contribution in [2.45, 2.75) is 27.2 Å². The molecule has 1 aliphatic rings. The van der Waals surface area contributed by atoms with Crippen molar-refractivity contribution in [3.8, 4) is 0 Å². The van der Waals surface area contributed by atoms with Crippen LogP contribution in [0.25, 0.3) is 0 Å². The Balaban J connectivity index is 2.31. The Kier molecular flexibility index (Phi) is 6.53. The Bertz CT molecular complexity index is 850. The molecule has 0 fully saturated rings. The standard InChI is InChI=1S/C20H18F5NO2/c1-20(2,3)12(10-11-8-6-4-5-7-9-11)26-28-19(27)13-14(21)16(23)18(25)17(24)15(13)22/h4-9,11H,10H2,1-3H3/b26-12+. The minimum absolute atomic E-state index is 0.0825. The maximum atomic E-state index is 13.7. The molecule has 0 radical (unpaired) electrons. The summed E-state index contributed by atoms with van der Waals surface area (Å²) in [4.78, 5) is 16.5. The highest BCUT2D eigenvalue weighted by molar-refractivity contribution is 5.93. The summed E-state index contributed by atoms with van der Waals surface area (Å²) in [6, 6.07) is 0. The third-order valence-corrected chi connectivity index (χ3v) is 4.00. The predicted octanol–water partition coefficient (Wildman–Crippen LogP) is 5.63. The molecule has 0 saturated heterocycles. The van der Waals surface area contributed by atoms with Gasteiger partial charge in [-0.25, -0.2) is 26.7 Å². The largest absolute Gasteiger partial charge is 0.371 e. The normalized spacial score (nSPS) is 15.1. The molecule has 28 heavy (non-hydrogen) atoms. The maximum Gasteiger partial charge on any atom is 0.371 e. The van der Waals surface area contributed by atoms with Crippen LogP contribution in [0.5, 0.6) is 0 Å². The molecule has 0 aliphatic heterocycles. The molecule has 1 aliphatic carbocycles. The summed E-state index contributed by atoms with van der Waals surface area (Å²) in [5.74, 6) is -13.2. The van der Waals surface area contributed by atoms with Gasteiger partial charge >= 0.3 is 5.97 Å². The molecule has 2 rings (SSSR count). The van der Waals surface area contributed by atoms with E-state index in [0.29, 0.717) is 12.1 Å². The van der Waals surface area contributed by atoms with Gasteiger partial charge in [0.25, 0.3) is 0 Å². The van der Waals surface area contributed by atoms with Gasteiger partial charge in [0.1, 0.15) is 5.56 Å². The van der Waals surface area contributed by atoms with Gasteiger partial charge in [-0.3, -0.25) is 0 Å². The Hall–Kier alpha value is -2.77. The fraction of sp³-hybridized carbons (Fsp3) is 0.300. The van der Waals surface area contributed by atoms with Crippen LogP contribution in [0, 0.1) is 40.4 Å². The molecule has 0 atom stereocenters. The monoisotopic (exact) mass is 399 g/mol. The van der Waals surface area contributed by atoms with Gasteiger partial charge in [-0.2, -0.15) is 0 Å². The van der Waals surface area contributed by atoms with Crippen LogP contribution in [-0.2, 0) is 4.84 Å². The molecule has 0 unspecified atom stereocenters. The highest BCUT2D eigenvalue weighted by Gasteiger charge is 2.31. The Morgan fingerprint density at radius 1 is 0.893 bits per heavy atom. The number of benzene rings is 1.